The highest BCUT2D eigenvalue weighted by molar-refractivity contribution is 5.96. The number of carboxylic acid groups (broad SMARTS) is 1. The number of aromatic carboxylic acids is 1. The van der Waals surface area contributed by atoms with E-state index < -0.39 is 5.97 Å². The van der Waals surface area contributed by atoms with Crippen LogP contribution in [0.15, 0.2) is 49.0 Å². The Bertz CT molecular complexity index is 654. The summed E-state index contributed by atoms with van der Waals surface area (Å²) < 4.78 is 5.11. The minimum Gasteiger partial charge on any atom is -0.497 e. The van der Waals surface area contributed by atoms with Crippen molar-refractivity contribution in [3.8, 4) is 5.75 Å². The van der Waals surface area contributed by atoms with E-state index in [1.165, 1.54) is 0 Å². The average molecular weight is 268 g/mol. The Morgan fingerprint density at radius 1 is 1.10 bits per heavy atom. The Labute approximate surface area is 118 Å². The summed E-state index contributed by atoms with van der Waals surface area (Å²) in [4.78, 5) is 11.3. The molecule has 0 saturated heterocycles. The van der Waals surface area contributed by atoms with Gasteiger partial charge >= 0.3 is 5.97 Å². The summed E-state index contributed by atoms with van der Waals surface area (Å²) in [6.07, 6.45) is 0. The maximum Gasteiger partial charge on any atom is 0.336 e. The second-order valence-electron chi connectivity index (χ2n) is 4.56. The van der Waals surface area contributed by atoms with Crippen molar-refractivity contribution in [2.24, 2.45) is 0 Å². The summed E-state index contributed by atoms with van der Waals surface area (Å²) in [6, 6.07) is 12.7. The van der Waals surface area contributed by atoms with Gasteiger partial charge in [0, 0.05) is 0 Å². The lowest BCUT2D eigenvalue weighted by Gasteiger charge is -2.11. The molecule has 0 radical (unpaired) electrons. The Balaban J connectivity index is 2.44. The summed E-state index contributed by atoms with van der Waals surface area (Å²) in [5.74, 6) is -0.192. The van der Waals surface area contributed by atoms with Crippen LogP contribution in [0.3, 0.4) is 0 Å². The zero-order chi connectivity index (χ0) is 14.7. The van der Waals surface area contributed by atoms with Crippen molar-refractivity contribution in [1.82, 2.24) is 0 Å². The number of methoxy groups -OCH3 is 1. The van der Waals surface area contributed by atoms with Gasteiger partial charge in [-0.05, 0) is 41.8 Å². The lowest BCUT2D eigenvalue weighted by atomic mass is 9.94. The van der Waals surface area contributed by atoms with Crippen molar-refractivity contribution in [2.45, 2.75) is 6.92 Å². The molecule has 102 valence electrons. The third kappa shape index (κ3) is 2.72. The molecule has 0 fully saturated rings. The summed E-state index contributed by atoms with van der Waals surface area (Å²) >= 11 is 0. The van der Waals surface area contributed by atoms with E-state index in [0.29, 0.717) is 11.1 Å². The molecule has 0 spiro atoms. The number of rotatable bonds is 4. The first-order chi connectivity index (χ1) is 9.52. The highest BCUT2D eigenvalue weighted by Crippen LogP contribution is 2.27. The maximum atomic E-state index is 11.3. The third-order valence-corrected chi connectivity index (χ3v) is 3.17. The quantitative estimate of drug-likeness (QED) is 0.918. The number of carbonyl (C=O) groups is 1. The van der Waals surface area contributed by atoms with Gasteiger partial charge in [0.1, 0.15) is 5.75 Å². The molecule has 2 aromatic rings. The highest BCUT2D eigenvalue weighted by atomic mass is 16.5. The molecule has 0 aromatic heterocycles. The summed E-state index contributed by atoms with van der Waals surface area (Å²) in [6.45, 7) is 5.89. The molecule has 0 heterocycles. The molecule has 0 aliphatic heterocycles. The third-order valence-electron chi connectivity index (χ3n) is 3.17. The van der Waals surface area contributed by atoms with Gasteiger partial charge in [-0.1, -0.05) is 36.4 Å². The zero-order valence-electron chi connectivity index (χ0n) is 11.5. The van der Waals surface area contributed by atoms with E-state index in [1.54, 1.807) is 19.2 Å². The Hall–Kier alpha value is -2.55. The molecule has 2 rings (SSSR count). The normalized spacial score (nSPS) is 10.1. The van der Waals surface area contributed by atoms with E-state index in [0.717, 1.165) is 16.9 Å². The summed E-state index contributed by atoms with van der Waals surface area (Å²) in [5, 5.41) is 9.31. The fourth-order valence-electron chi connectivity index (χ4n) is 2.05. The monoisotopic (exact) mass is 268 g/mol. The van der Waals surface area contributed by atoms with Crippen molar-refractivity contribution < 1.29 is 14.6 Å². The Kier molecular flexibility index (Phi) is 3.89. The predicted octanol–water partition coefficient (Wildman–Crippen LogP) is 3.76. The van der Waals surface area contributed by atoms with Crippen LogP contribution in [0.4, 0.5) is 0 Å². The number of benzene rings is 2. The molecular formula is C17H16O3. The van der Waals surface area contributed by atoms with Crippen LogP contribution in [0.2, 0.25) is 0 Å². The van der Waals surface area contributed by atoms with Gasteiger partial charge in [0.25, 0.3) is 0 Å². The topological polar surface area (TPSA) is 46.5 Å². The van der Waals surface area contributed by atoms with Crippen LogP contribution < -0.4 is 4.74 Å². The second-order valence-corrected chi connectivity index (χ2v) is 4.56. The van der Waals surface area contributed by atoms with Gasteiger partial charge in [-0.2, -0.15) is 0 Å². The van der Waals surface area contributed by atoms with Crippen LogP contribution in [0.25, 0.3) is 5.57 Å². The first kappa shape index (κ1) is 13.9. The fourth-order valence-corrected chi connectivity index (χ4v) is 2.05. The van der Waals surface area contributed by atoms with Gasteiger partial charge in [0.2, 0.25) is 0 Å². The van der Waals surface area contributed by atoms with Crippen molar-refractivity contribution in [2.75, 3.05) is 7.11 Å². The minimum absolute atomic E-state index is 0.269. The van der Waals surface area contributed by atoms with E-state index in [9.17, 15) is 9.90 Å². The molecule has 3 nitrogen and oxygen atoms in total. The summed E-state index contributed by atoms with van der Waals surface area (Å²) in [7, 11) is 1.60. The van der Waals surface area contributed by atoms with E-state index in [1.807, 2.05) is 37.3 Å². The lowest BCUT2D eigenvalue weighted by Crippen LogP contribution is -2.03. The van der Waals surface area contributed by atoms with Crippen molar-refractivity contribution in [1.29, 1.82) is 0 Å². The van der Waals surface area contributed by atoms with E-state index in [2.05, 4.69) is 6.58 Å². The minimum atomic E-state index is -0.946. The first-order valence-electron chi connectivity index (χ1n) is 6.20. The maximum absolute atomic E-state index is 11.3. The van der Waals surface area contributed by atoms with Crippen molar-refractivity contribution >= 4 is 11.5 Å². The van der Waals surface area contributed by atoms with Crippen LogP contribution in [0.1, 0.15) is 27.0 Å². The van der Waals surface area contributed by atoms with Gasteiger partial charge in [-0.25, -0.2) is 4.79 Å². The Morgan fingerprint density at radius 2 is 1.75 bits per heavy atom. The van der Waals surface area contributed by atoms with Gasteiger partial charge in [0.05, 0.1) is 12.7 Å². The smallest absolute Gasteiger partial charge is 0.336 e. The van der Waals surface area contributed by atoms with Crippen molar-refractivity contribution in [3.63, 3.8) is 0 Å². The number of hydrogen-bond donors (Lipinski definition) is 1. The summed E-state index contributed by atoms with van der Waals surface area (Å²) in [5.41, 5.74) is 3.37. The molecule has 0 aliphatic carbocycles. The molecular weight excluding hydrogens is 252 g/mol. The van der Waals surface area contributed by atoms with Crippen LogP contribution in [-0.4, -0.2) is 18.2 Å². The molecule has 20 heavy (non-hydrogen) atoms. The standard InChI is InChI=1S/C17H16O3/c1-11-4-9-15(16(10-11)17(18)19)12(2)13-5-7-14(20-3)8-6-13/h4-10H,2H2,1,3H3,(H,18,19). The number of hydrogen-bond acceptors (Lipinski definition) is 2. The average Bonchev–Trinajstić information content (AvgIpc) is 2.46. The SMILES string of the molecule is C=C(c1ccc(OC)cc1)c1ccc(C)cc1C(=O)O. The Morgan fingerprint density at radius 3 is 2.30 bits per heavy atom. The van der Waals surface area contributed by atoms with E-state index in [4.69, 9.17) is 4.74 Å². The number of ether oxygens (including phenoxy) is 1. The molecule has 0 atom stereocenters. The van der Waals surface area contributed by atoms with Crippen molar-refractivity contribution in [3.05, 3.63) is 71.3 Å². The zero-order valence-corrected chi connectivity index (χ0v) is 11.5. The molecule has 0 aliphatic rings. The molecule has 0 bridgehead atoms. The number of carboxylic acids is 1. The first-order valence-corrected chi connectivity index (χ1v) is 6.20. The van der Waals surface area contributed by atoms with E-state index in [-0.39, 0.29) is 5.56 Å². The van der Waals surface area contributed by atoms with Crippen LogP contribution in [0, 0.1) is 6.92 Å². The number of aryl methyl sites for hydroxylation is 1. The second kappa shape index (κ2) is 5.61. The molecule has 0 unspecified atom stereocenters. The van der Waals surface area contributed by atoms with Gasteiger partial charge in [-0.3, -0.25) is 0 Å². The molecule has 2 aromatic carbocycles. The molecule has 0 saturated carbocycles. The van der Waals surface area contributed by atoms with Crippen LogP contribution in [-0.2, 0) is 0 Å². The fraction of sp³-hybridized carbons (Fsp3) is 0.118. The van der Waals surface area contributed by atoms with Gasteiger partial charge in [-0.15, -0.1) is 0 Å². The van der Waals surface area contributed by atoms with Gasteiger partial charge < -0.3 is 9.84 Å². The lowest BCUT2D eigenvalue weighted by molar-refractivity contribution is 0.0696. The molecule has 1 N–H and O–H groups in total. The molecule has 0 amide bonds. The van der Waals surface area contributed by atoms with E-state index >= 15 is 0 Å². The van der Waals surface area contributed by atoms with Gasteiger partial charge in [0.15, 0.2) is 0 Å². The van der Waals surface area contributed by atoms with Crippen LogP contribution >= 0.6 is 0 Å². The highest BCUT2D eigenvalue weighted by Gasteiger charge is 2.13. The molecule has 3 heteroatoms. The van der Waals surface area contributed by atoms with Crippen LogP contribution in [0.5, 0.6) is 5.75 Å². The predicted molar refractivity (Wildman–Crippen MR) is 79.3 cm³/mol. The largest absolute Gasteiger partial charge is 0.497 e.